The smallest absolute Gasteiger partial charge is 0.338 e. The molecule has 0 spiro atoms. The SMILES string of the molecule is Cc1nc(=O)[nH]c(C)c1CCC(=O)N1CCN2C(=O)CN(C)C(=O)C2C1. The third-order valence-electron chi connectivity index (χ3n) is 5.13. The lowest BCUT2D eigenvalue weighted by atomic mass is 10.0. The molecule has 26 heavy (non-hydrogen) atoms. The number of nitrogens with zero attached hydrogens (tertiary/aromatic N) is 4. The summed E-state index contributed by atoms with van der Waals surface area (Å²) in [6.07, 6.45) is 0.734. The third kappa shape index (κ3) is 3.33. The van der Waals surface area contributed by atoms with Crippen molar-refractivity contribution in [3.05, 3.63) is 27.4 Å². The first-order chi connectivity index (χ1) is 12.3. The van der Waals surface area contributed by atoms with Crippen LogP contribution in [0.25, 0.3) is 0 Å². The lowest BCUT2D eigenvalue weighted by Crippen LogP contribution is -2.66. The van der Waals surface area contributed by atoms with Crippen LogP contribution in [0.15, 0.2) is 4.79 Å². The lowest BCUT2D eigenvalue weighted by Gasteiger charge is -2.45. The van der Waals surface area contributed by atoms with Gasteiger partial charge in [0.05, 0.1) is 13.1 Å². The van der Waals surface area contributed by atoms with Crippen molar-refractivity contribution in [1.29, 1.82) is 0 Å². The van der Waals surface area contributed by atoms with E-state index in [1.807, 2.05) is 0 Å². The zero-order chi connectivity index (χ0) is 19.0. The Bertz CT molecular complexity index is 792. The van der Waals surface area contributed by atoms with Gasteiger partial charge in [0.25, 0.3) is 0 Å². The third-order valence-corrected chi connectivity index (χ3v) is 5.13. The highest BCUT2D eigenvalue weighted by Crippen LogP contribution is 2.18. The van der Waals surface area contributed by atoms with Gasteiger partial charge in [-0.15, -0.1) is 0 Å². The molecule has 0 bridgehead atoms. The Hall–Kier alpha value is -2.71. The molecule has 1 N–H and O–H groups in total. The fourth-order valence-corrected chi connectivity index (χ4v) is 3.66. The summed E-state index contributed by atoms with van der Waals surface area (Å²) in [6, 6.07) is -0.586. The Morgan fingerprint density at radius 1 is 1.23 bits per heavy atom. The number of H-pyrrole nitrogens is 1. The molecule has 1 aromatic rings. The molecule has 1 unspecified atom stereocenters. The number of carbonyl (C=O) groups excluding carboxylic acids is 3. The molecule has 3 amide bonds. The Morgan fingerprint density at radius 3 is 2.65 bits per heavy atom. The van der Waals surface area contributed by atoms with Gasteiger partial charge in [-0.05, 0) is 25.8 Å². The monoisotopic (exact) mass is 361 g/mol. The number of hydrogen-bond acceptors (Lipinski definition) is 5. The largest absolute Gasteiger partial charge is 0.345 e. The molecule has 2 fully saturated rings. The maximum absolute atomic E-state index is 12.6. The number of piperazine rings is 2. The van der Waals surface area contributed by atoms with E-state index in [0.29, 0.717) is 25.2 Å². The van der Waals surface area contributed by atoms with Gasteiger partial charge in [0, 0.05) is 37.9 Å². The predicted octanol–water partition coefficient (Wildman–Crippen LogP) is -1.17. The van der Waals surface area contributed by atoms with Gasteiger partial charge in [-0.1, -0.05) is 0 Å². The fraction of sp³-hybridized carbons (Fsp3) is 0.588. The van der Waals surface area contributed by atoms with Crippen LogP contribution < -0.4 is 5.69 Å². The molecule has 140 valence electrons. The molecular formula is C17H23N5O4. The van der Waals surface area contributed by atoms with Gasteiger partial charge in [0.1, 0.15) is 6.04 Å². The van der Waals surface area contributed by atoms with Crippen molar-refractivity contribution in [1.82, 2.24) is 24.7 Å². The normalized spacial score (nSPS) is 20.4. The average Bonchev–Trinajstić information content (AvgIpc) is 2.58. The molecule has 0 radical (unpaired) electrons. The standard InChI is InChI=1S/C17H23N5O4/c1-10-12(11(2)19-17(26)18-10)4-5-14(23)21-6-7-22-13(8-21)16(25)20(3)9-15(22)24/h13H,4-9H2,1-3H3,(H,18,19,26). The maximum Gasteiger partial charge on any atom is 0.345 e. The van der Waals surface area contributed by atoms with E-state index in [0.717, 1.165) is 11.3 Å². The Labute approximate surface area is 151 Å². The highest BCUT2D eigenvalue weighted by molar-refractivity contribution is 5.95. The summed E-state index contributed by atoms with van der Waals surface area (Å²) in [4.78, 5) is 59.5. The van der Waals surface area contributed by atoms with Crippen LogP contribution in [0.5, 0.6) is 0 Å². The first-order valence-corrected chi connectivity index (χ1v) is 8.66. The molecule has 9 heteroatoms. The fourth-order valence-electron chi connectivity index (χ4n) is 3.66. The molecule has 2 aliphatic rings. The number of carbonyl (C=O) groups is 3. The van der Waals surface area contributed by atoms with Crippen molar-refractivity contribution in [2.75, 3.05) is 33.2 Å². The molecule has 2 saturated heterocycles. The lowest BCUT2D eigenvalue weighted by molar-refractivity contribution is -0.160. The number of aryl methyl sites for hydroxylation is 2. The number of fused-ring (bicyclic) bond motifs is 1. The molecule has 2 aliphatic heterocycles. The van der Waals surface area contributed by atoms with E-state index in [2.05, 4.69) is 9.97 Å². The number of aromatic amines is 1. The van der Waals surface area contributed by atoms with Crippen molar-refractivity contribution in [3.63, 3.8) is 0 Å². The minimum absolute atomic E-state index is 0.0666. The van der Waals surface area contributed by atoms with Crippen LogP contribution in [0.3, 0.4) is 0 Å². The van der Waals surface area contributed by atoms with Crippen molar-refractivity contribution in [2.45, 2.75) is 32.7 Å². The zero-order valence-electron chi connectivity index (χ0n) is 15.2. The second kappa shape index (κ2) is 6.89. The molecule has 3 heterocycles. The van der Waals surface area contributed by atoms with Gasteiger partial charge in [-0.2, -0.15) is 4.98 Å². The molecular weight excluding hydrogens is 338 g/mol. The van der Waals surface area contributed by atoms with Crippen molar-refractivity contribution >= 4 is 17.7 Å². The van der Waals surface area contributed by atoms with Gasteiger partial charge in [0.15, 0.2) is 0 Å². The maximum atomic E-state index is 12.6. The van der Waals surface area contributed by atoms with Crippen LogP contribution in [0, 0.1) is 13.8 Å². The van der Waals surface area contributed by atoms with Crippen LogP contribution in [0.1, 0.15) is 23.4 Å². The molecule has 9 nitrogen and oxygen atoms in total. The molecule has 0 aromatic carbocycles. The number of nitrogens with one attached hydrogen (secondary N) is 1. The van der Waals surface area contributed by atoms with E-state index in [9.17, 15) is 19.2 Å². The minimum atomic E-state index is -0.586. The zero-order valence-corrected chi connectivity index (χ0v) is 15.2. The van der Waals surface area contributed by atoms with Crippen LogP contribution in [0.2, 0.25) is 0 Å². The van der Waals surface area contributed by atoms with Crippen molar-refractivity contribution in [3.8, 4) is 0 Å². The summed E-state index contributed by atoms with van der Waals surface area (Å²) in [5.74, 6) is -0.267. The quantitative estimate of drug-likeness (QED) is 0.730. The van der Waals surface area contributed by atoms with E-state index in [-0.39, 0.29) is 37.2 Å². The van der Waals surface area contributed by atoms with Crippen molar-refractivity contribution in [2.24, 2.45) is 0 Å². The highest BCUT2D eigenvalue weighted by atomic mass is 16.2. The number of rotatable bonds is 3. The number of aromatic nitrogens is 2. The van der Waals surface area contributed by atoms with E-state index in [1.165, 1.54) is 4.90 Å². The Morgan fingerprint density at radius 2 is 1.96 bits per heavy atom. The second-order valence-corrected chi connectivity index (χ2v) is 6.87. The number of likely N-dealkylation sites (N-methyl/N-ethyl adjacent to an activating group) is 1. The number of amides is 3. The Balaban J connectivity index is 1.65. The summed E-state index contributed by atoms with van der Waals surface area (Å²) in [7, 11) is 1.60. The number of hydrogen-bond donors (Lipinski definition) is 1. The highest BCUT2D eigenvalue weighted by Gasteiger charge is 2.42. The molecule has 1 aromatic heterocycles. The first-order valence-electron chi connectivity index (χ1n) is 8.66. The predicted molar refractivity (Wildman–Crippen MR) is 92.4 cm³/mol. The van der Waals surface area contributed by atoms with Crippen LogP contribution in [0.4, 0.5) is 0 Å². The van der Waals surface area contributed by atoms with E-state index in [1.54, 1.807) is 30.7 Å². The molecule has 0 aliphatic carbocycles. The average molecular weight is 361 g/mol. The molecule has 1 atom stereocenters. The van der Waals surface area contributed by atoms with E-state index < -0.39 is 11.7 Å². The molecule has 0 saturated carbocycles. The second-order valence-electron chi connectivity index (χ2n) is 6.87. The van der Waals surface area contributed by atoms with Gasteiger partial charge < -0.3 is 19.7 Å². The van der Waals surface area contributed by atoms with Crippen LogP contribution >= 0.6 is 0 Å². The minimum Gasteiger partial charge on any atom is -0.338 e. The van der Waals surface area contributed by atoms with Gasteiger partial charge in [-0.3, -0.25) is 14.4 Å². The molecule has 3 rings (SSSR count). The first kappa shape index (κ1) is 18.1. The summed E-state index contributed by atoms with van der Waals surface area (Å²) in [5, 5.41) is 0. The van der Waals surface area contributed by atoms with Gasteiger partial charge in [0.2, 0.25) is 17.7 Å². The topological polar surface area (TPSA) is 107 Å². The van der Waals surface area contributed by atoms with E-state index in [4.69, 9.17) is 0 Å². The van der Waals surface area contributed by atoms with Crippen LogP contribution in [-0.4, -0.2) is 81.7 Å². The Kier molecular flexibility index (Phi) is 4.80. The van der Waals surface area contributed by atoms with Crippen molar-refractivity contribution < 1.29 is 14.4 Å². The van der Waals surface area contributed by atoms with E-state index >= 15 is 0 Å². The summed E-state index contributed by atoms with van der Waals surface area (Å²) >= 11 is 0. The summed E-state index contributed by atoms with van der Waals surface area (Å²) < 4.78 is 0. The summed E-state index contributed by atoms with van der Waals surface area (Å²) in [5.41, 5.74) is 1.81. The van der Waals surface area contributed by atoms with Gasteiger partial charge >= 0.3 is 5.69 Å². The van der Waals surface area contributed by atoms with Gasteiger partial charge in [-0.25, -0.2) is 4.79 Å². The van der Waals surface area contributed by atoms with Crippen LogP contribution in [-0.2, 0) is 20.8 Å². The summed E-state index contributed by atoms with van der Waals surface area (Å²) in [6.45, 7) is 4.68.